The molecule has 0 fully saturated rings. The van der Waals surface area contributed by atoms with Crippen LogP contribution >= 0.6 is 0 Å². The molecule has 0 amide bonds. The molecular formula is C62H50. The molecule has 4 atom stereocenters. The summed E-state index contributed by atoms with van der Waals surface area (Å²) < 4.78 is 0. The van der Waals surface area contributed by atoms with Crippen molar-refractivity contribution in [2.75, 3.05) is 0 Å². The van der Waals surface area contributed by atoms with E-state index in [-0.39, 0.29) is 11.8 Å². The standard InChI is InChI=1S/C62H50/c1-4-19-41(20-5-1)57-38-48(39-58(42-21-6-2-7-22-42)60(57)43-23-8-3-9-24-43)45-27-18-28-47(35-45)61-52-31-14-16-33-54(52)62(55-34-17-15-32-53(55)61)59-40-49-36-44-25-10-11-26-46(44)37-56(49)50-29-12-13-30-51(50)59/h1-8,10-12,14-23,25-29,31,33-38,40,52-53,58,61H,9,13,24,30,32,39H2. The molecule has 6 aliphatic carbocycles. The van der Waals surface area contributed by atoms with Gasteiger partial charge < -0.3 is 0 Å². The zero-order valence-electron chi connectivity index (χ0n) is 35.2. The molecule has 0 saturated carbocycles. The quantitative estimate of drug-likeness (QED) is 0.147. The first-order valence-electron chi connectivity index (χ1n) is 22.9. The van der Waals surface area contributed by atoms with Crippen molar-refractivity contribution >= 4 is 44.3 Å². The lowest BCUT2D eigenvalue weighted by Gasteiger charge is -2.44. The van der Waals surface area contributed by atoms with E-state index in [0.29, 0.717) is 11.8 Å². The molecule has 6 aliphatic rings. The molecule has 298 valence electrons. The fraction of sp³-hybridized carbons (Fsp3) is 0.161. The van der Waals surface area contributed by atoms with Crippen LogP contribution < -0.4 is 0 Å². The molecule has 0 N–H and O–H groups in total. The van der Waals surface area contributed by atoms with E-state index in [1.54, 1.807) is 0 Å². The van der Waals surface area contributed by atoms with Gasteiger partial charge >= 0.3 is 0 Å². The van der Waals surface area contributed by atoms with Gasteiger partial charge in [-0.2, -0.15) is 0 Å². The van der Waals surface area contributed by atoms with Crippen LogP contribution in [0.5, 0.6) is 0 Å². The highest BCUT2D eigenvalue weighted by Crippen LogP contribution is 2.56. The highest BCUT2D eigenvalue weighted by molar-refractivity contribution is 6.05. The van der Waals surface area contributed by atoms with E-state index >= 15 is 0 Å². The van der Waals surface area contributed by atoms with Crippen molar-refractivity contribution in [3.8, 4) is 0 Å². The van der Waals surface area contributed by atoms with E-state index in [1.165, 1.54) is 99.5 Å². The predicted molar refractivity (Wildman–Crippen MR) is 264 cm³/mol. The van der Waals surface area contributed by atoms with Crippen LogP contribution in [0.15, 0.2) is 223 Å². The number of benzene rings is 6. The summed E-state index contributed by atoms with van der Waals surface area (Å²) in [5, 5.41) is 5.32. The van der Waals surface area contributed by atoms with Crippen LogP contribution in [-0.2, 0) is 6.42 Å². The Bertz CT molecular complexity index is 3110. The fourth-order valence-corrected chi connectivity index (χ4v) is 11.8. The van der Waals surface area contributed by atoms with E-state index in [2.05, 4.69) is 206 Å². The Morgan fingerprint density at radius 1 is 0.548 bits per heavy atom. The second-order valence-electron chi connectivity index (χ2n) is 18.0. The molecule has 0 heteroatoms. The van der Waals surface area contributed by atoms with Gasteiger partial charge in [-0.15, -0.1) is 0 Å². The largest absolute Gasteiger partial charge is 0.0842 e. The first-order chi connectivity index (χ1) is 30.8. The first-order valence-corrected chi connectivity index (χ1v) is 22.9. The van der Waals surface area contributed by atoms with Crippen molar-refractivity contribution in [3.05, 3.63) is 262 Å². The topological polar surface area (TPSA) is 0 Å². The number of fused-ring (bicyclic) bond motifs is 6. The van der Waals surface area contributed by atoms with E-state index < -0.39 is 0 Å². The first kappa shape index (κ1) is 37.0. The SMILES string of the molecule is C1=CCCC(C2=C(c3ccccc3)C=C(c3cccc(C4C5C=CC=CC5=C(c5cc6cc7ccccc7cc6c6c5CCC=C6)C5=CC=CCC54)c3)CC2c2ccccc2)=C1. The Morgan fingerprint density at radius 2 is 1.32 bits per heavy atom. The summed E-state index contributed by atoms with van der Waals surface area (Å²) in [6.45, 7) is 0. The highest BCUT2D eigenvalue weighted by Gasteiger charge is 2.42. The molecule has 0 radical (unpaired) electrons. The van der Waals surface area contributed by atoms with Crippen LogP contribution in [0.25, 0.3) is 44.3 Å². The molecule has 0 spiro atoms. The van der Waals surface area contributed by atoms with Crippen LogP contribution in [0.3, 0.4) is 0 Å². The molecule has 0 nitrogen and oxygen atoms in total. The lowest BCUT2D eigenvalue weighted by atomic mass is 9.60. The zero-order valence-corrected chi connectivity index (χ0v) is 35.2. The second-order valence-corrected chi connectivity index (χ2v) is 18.0. The summed E-state index contributed by atoms with van der Waals surface area (Å²) in [4.78, 5) is 0. The number of rotatable bonds is 6. The van der Waals surface area contributed by atoms with E-state index in [0.717, 1.165) is 38.5 Å². The van der Waals surface area contributed by atoms with Gasteiger partial charge in [-0.05, 0) is 162 Å². The van der Waals surface area contributed by atoms with Crippen LogP contribution in [-0.4, -0.2) is 0 Å². The molecule has 0 saturated heterocycles. The molecule has 0 heterocycles. The van der Waals surface area contributed by atoms with Crippen molar-refractivity contribution < 1.29 is 0 Å². The van der Waals surface area contributed by atoms with Gasteiger partial charge in [0.15, 0.2) is 0 Å². The third kappa shape index (κ3) is 6.35. The fourth-order valence-electron chi connectivity index (χ4n) is 11.8. The Kier molecular flexibility index (Phi) is 9.33. The predicted octanol–water partition coefficient (Wildman–Crippen LogP) is 16.0. The molecule has 6 aromatic carbocycles. The van der Waals surface area contributed by atoms with Crippen molar-refractivity contribution in [2.45, 2.75) is 50.4 Å². The van der Waals surface area contributed by atoms with Gasteiger partial charge in [-0.3, -0.25) is 0 Å². The minimum Gasteiger partial charge on any atom is -0.0842 e. The number of hydrogen-bond donors (Lipinski definition) is 0. The summed E-state index contributed by atoms with van der Waals surface area (Å²) in [5.74, 6) is 1.23. The minimum atomic E-state index is 0.268. The Hall–Kier alpha value is -6.76. The zero-order chi connectivity index (χ0) is 41.0. The second kappa shape index (κ2) is 15.6. The van der Waals surface area contributed by atoms with Gasteiger partial charge in [-0.1, -0.05) is 188 Å². The summed E-state index contributed by atoms with van der Waals surface area (Å²) in [7, 11) is 0. The third-order valence-electron chi connectivity index (χ3n) is 14.6. The lowest BCUT2D eigenvalue weighted by Crippen LogP contribution is -2.31. The van der Waals surface area contributed by atoms with Gasteiger partial charge in [0.05, 0.1) is 0 Å². The summed E-state index contributed by atoms with van der Waals surface area (Å²) in [5.41, 5.74) is 20.0. The summed E-state index contributed by atoms with van der Waals surface area (Å²) in [6, 6.07) is 48.4. The molecule has 0 bridgehead atoms. The minimum absolute atomic E-state index is 0.268. The smallest absolute Gasteiger partial charge is 0.0139 e. The van der Waals surface area contributed by atoms with Crippen molar-refractivity contribution in [1.82, 2.24) is 0 Å². The van der Waals surface area contributed by atoms with Crippen molar-refractivity contribution in [2.24, 2.45) is 11.8 Å². The summed E-state index contributed by atoms with van der Waals surface area (Å²) in [6.07, 6.45) is 37.4. The summed E-state index contributed by atoms with van der Waals surface area (Å²) >= 11 is 0. The number of allylic oxidation sites excluding steroid dienone is 19. The van der Waals surface area contributed by atoms with Crippen LogP contribution in [0.1, 0.15) is 82.9 Å². The van der Waals surface area contributed by atoms with Gasteiger partial charge in [0.25, 0.3) is 0 Å². The molecular weight excluding hydrogens is 745 g/mol. The molecule has 4 unspecified atom stereocenters. The van der Waals surface area contributed by atoms with Gasteiger partial charge in [0.1, 0.15) is 0 Å². The molecule has 0 aliphatic heterocycles. The Balaban J connectivity index is 1.01. The molecule has 62 heavy (non-hydrogen) atoms. The van der Waals surface area contributed by atoms with E-state index in [9.17, 15) is 0 Å². The van der Waals surface area contributed by atoms with Gasteiger partial charge in [0.2, 0.25) is 0 Å². The molecule has 6 aromatic rings. The maximum absolute atomic E-state index is 2.58. The Labute approximate surface area is 366 Å². The highest BCUT2D eigenvalue weighted by atomic mass is 14.5. The van der Waals surface area contributed by atoms with Crippen molar-refractivity contribution in [1.29, 1.82) is 0 Å². The van der Waals surface area contributed by atoms with Crippen molar-refractivity contribution in [3.63, 3.8) is 0 Å². The Morgan fingerprint density at radius 3 is 2.18 bits per heavy atom. The lowest BCUT2D eigenvalue weighted by molar-refractivity contribution is 0.419. The van der Waals surface area contributed by atoms with Gasteiger partial charge in [0, 0.05) is 17.8 Å². The average molecular weight is 795 g/mol. The maximum atomic E-state index is 2.58. The van der Waals surface area contributed by atoms with Crippen LogP contribution in [0, 0.1) is 11.8 Å². The molecule has 0 aromatic heterocycles. The average Bonchev–Trinajstić information content (AvgIpc) is 3.35. The maximum Gasteiger partial charge on any atom is 0.0139 e. The van der Waals surface area contributed by atoms with E-state index in [4.69, 9.17) is 0 Å². The normalized spacial score (nSPS) is 22.6. The monoisotopic (exact) mass is 794 g/mol. The molecule has 12 rings (SSSR count). The third-order valence-corrected chi connectivity index (χ3v) is 14.6. The van der Waals surface area contributed by atoms with Gasteiger partial charge in [-0.25, -0.2) is 0 Å². The van der Waals surface area contributed by atoms with E-state index in [1.807, 2.05) is 0 Å². The van der Waals surface area contributed by atoms with Crippen LogP contribution in [0.2, 0.25) is 0 Å². The van der Waals surface area contributed by atoms with Crippen LogP contribution in [0.4, 0.5) is 0 Å². The number of hydrogen-bond acceptors (Lipinski definition) is 0.